The lowest BCUT2D eigenvalue weighted by Crippen LogP contribution is -2.45. The second kappa shape index (κ2) is 7.41. The van der Waals surface area contributed by atoms with Gasteiger partial charge in [-0.25, -0.2) is 0 Å². The third-order valence-corrected chi connectivity index (χ3v) is 3.00. The number of hydrogen-bond acceptors (Lipinski definition) is 3. The largest absolute Gasteiger partial charge is 0.396 e. The van der Waals surface area contributed by atoms with Gasteiger partial charge in [0.1, 0.15) is 0 Å². The van der Waals surface area contributed by atoms with E-state index in [9.17, 15) is 4.79 Å². The highest BCUT2D eigenvalue weighted by Crippen LogP contribution is 2.18. The number of piperidine rings is 1. The minimum absolute atomic E-state index is 0.0461. The van der Waals surface area contributed by atoms with E-state index >= 15 is 0 Å². The van der Waals surface area contributed by atoms with Gasteiger partial charge in [-0.05, 0) is 25.8 Å². The molecule has 16 heavy (non-hydrogen) atoms. The summed E-state index contributed by atoms with van der Waals surface area (Å²) in [6.07, 6.45) is 5.90. The van der Waals surface area contributed by atoms with Crippen LogP contribution in [0, 0.1) is 0 Å². The second-order valence-corrected chi connectivity index (χ2v) is 4.23. The van der Waals surface area contributed by atoms with Crippen molar-refractivity contribution < 1.29 is 9.90 Å². The molecule has 1 aliphatic heterocycles. The first-order valence-corrected chi connectivity index (χ1v) is 6.00. The van der Waals surface area contributed by atoms with E-state index in [1.165, 1.54) is 6.42 Å². The number of rotatable bonds is 6. The molecule has 1 amide bonds. The van der Waals surface area contributed by atoms with Crippen molar-refractivity contribution in [3.05, 3.63) is 12.7 Å². The Morgan fingerprint density at radius 2 is 2.38 bits per heavy atom. The number of nitrogens with one attached hydrogen (secondary N) is 1. The van der Waals surface area contributed by atoms with Gasteiger partial charge in [0.2, 0.25) is 5.91 Å². The molecule has 1 unspecified atom stereocenters. The van der Waals surface area contributed by atoms with Crippen molar-refractivity contribution in [1.29, 1.82) is 0 Å². The molecule has 0 aromatic rings. The van der Waals surface area contributed by atoms with E-state index < -0.39 is 0 Å². The zero-order valence-corrected chi connectivity index (χ0v) is 9.82. The number of carbonyl (C=O) groups is 1. The monoisotopic (exact) mass is 226 g/mol. The lowest BCUT2D eigenvalue weighted by molar-refractivity contribution is -0.123. The standard InChI is InChI=1S/C12H22N2O2/c1-2-7-13-12(16)10-14-8-4-3-5-11(14)6-9-15/h2,11,15H,1,3-10H2,(H,13,16). The molecule has 2 N–H and O–H groups in total. The molecule has 0 radical (unpaired) electrons. The Bertz CT molecular complexity index is 229. The summed E-state index contributed by atoms with van der Waals surface area (Å²) in [5.74, 6) is 0.0461. The molecule has 0 aromatic heterocycles. The van der Waals surface area contributed by atoms with Crippen molar-refractivity contribution >= 4 is 5.91 Å². The molecule has 1 saturated heterocycles. The smallest absolute Gasteiger partial charge is 0.234 e. The van der Waals surface area contributed by atoms with Crippen LogP contribution in [0.3, 0.4) is 0 Å². The van der Waals surface area contributed by atoms with Gasteiger partial charge in [0.15, 0.2) is 0 Å². The number of amides is 1. The van der Waals surface area contributed by atoms with E-state index in [-0.39, 0.29) is 12.5 Å². The Labute approximate surface area is 97.3 Å². The number of aliphatic hydroxyl groups is 1. The third-order valence-electron chi connectivity index (χ3n) is 3.00. The molecule has 92 valence electrons. The van der Waals surface area contributed by atoms with Gasteiger partial charge in [0, 0.05) is 19.2 Å². The molecule has 0 bridgehead atoms. The summed E-state index contributed by atoms with van der Waals surface area (Å²) in [6.45, 7) is 5.70. The number of aliphatic hydroxyl groups excluding tert-OH is 1. The van der Waals surface area contributed by atoms with Crippen molar-refractivity contribution in [1.82, 2.24) is 10.2 Å². The van der Waals surface area contributed by atoms with Crippen LogP contribution in [0.1, 0.15) is 25.7 Å². The number of nitrogens with zero attached hydrogens (tertiary/aromatic N) is 1. The minimum atomic E-state index is 0.0461. The predicted octanol–water partition coefficient (Wildman–Crippen LogP) is 0.525. The highest BCUT2D eigenvalue weighted by molar-refractivity contribution is 5.78. The lowest BCUT2D eigenvalue weighted by Gasteiger charge is -2.34. The maximum Gasteiger partial charge on any atom is 0.234 e. The van der Waals surface area contributed by atoms with Gasteiger partial charge >= 0.3 is 0 Å². The van der Waals surface area contributed by atoms with Gasteiger partial charge < -0.3 is 10.4 Å². The van der Waals surface area contributed by atoms with E-state index in [4.69, 9.17) is 5.11 Å². The normalized spacial score (nSPS) is 21.7. The Morgan fingerprint density at radius 1 is 1.56 bits per heavy atom. The fourth-order valence-electron chi connectivity index (χ4n) is 2.17. The topological polar surface area (TPSA) is 52.6 Å². The Kier molecular flexibility index (Phi) is 6.11. The minimum Gasteiger partial charge on any atom is -0.396 e. The van der Waals surface area contributed by atoms with Crippen LogP contribution >= 0.6 is 0 Å². The Morgan fingerprint density at radius 3 is 3.06 bits per heavy atom. The van der Waals surface area contributed by atoms with Crippen LogP contribution in [0.15, 0.2) is 12.7 Å². The third kappa shape index (κ3) is 4.33. The van der Waals surface area contributed by atoms with Gasteiger partial charge in [-0.3, -0.25) is 9.69 Å². The summed E-state index contributed by atoms with van der Waals surface area (Å²) in [5, 5.41) is 11.8. The SMILES string of the molecule is C=CCNC(=O)CN1CCCCC1CCO. The Hall–Kier alpha value is -0.870. The highest BCUT2D eigenvalue weighted by atomic mass is 16.3. The van der Waals surface area contributed by atoms with Crippen molar-refractivity contribution in [2.45, 2.75) is 31.7 Å². The fourth-order valence-corrected chi connectivity index (χ4v) is 2.17. The molecular formula is C12H22N2O2. The van der Waals surface area contributed by atoms with Crippen molar-refractivity contribution in [2.75, 3.05) is 26.2 Å². The molecular weight excluding hydrogens is 204 g/mol. The molecule has 1 rings (SSSR count). The summed E-state index contributed by atoms with van der Waals surface area (Å²) in [7, 11) is 0. The summed E-state index contributed by atoms with van der Waals surface area (Å²) < 4.78 is 0. The molecule has 0 aliphatic carbocycles. The molecule has 4 nitrogen and oxygen atoms in total. The fraction of sp³-hybridized carbons (Fsp3) is 0.750. The van der Waals surface area contributed by atoms with Crippen LogP contribution in [-0.2, 0) is 4.79 Å². The number of likely N-dealkylation sites (tertiary alicyclic amines) is 1. The van der Waals surface area contributed by atoms with Crippen molar-refractivity contribution in [2.24, 2.45) is 0 Å². The molecule has 1 atom stereocenters. The summed E-state index contributed by atoms with van der Waals surface area (Å²) >= 11 is 0. The number of carbonyl (C=O) groups excluding carboxylic acids is 1. The van der Waals surface area contributed by atoms with Crippen molar-refractivity contribution in [3.63, 3.8) is 0 Å². The number of hydrogen-bond donors (Lipinski definition) is 2. The van der Waals surface area contributed by atoms with Crippen LogP contribution in [0.4, 0.5) is 0 Å². The average molecular weight is 226 g/mol. The Balaban J connectivity index is 2.36. The lowest BCUT2D eigenvalue weighted by atomic mass is 10.00. The summed E-state index contributed by atoms with van der Waals surface area (Å²) in [6, 6.07) is 0.369. The van der Waals surface area contributed by atoms with Gasteiger partial charge in [0.25, 0.3) is 0 Å². The second-order valence-electron chi connectivity index (χ2n) is 4.23. The van der Waals surface area contributed by atoms with Gasteiger partial charge in [-0.15, -0.1) is 6.58 Å². The van der Waals surface area contributed by atoms with Crippen LogP contribution in [-0.4, -0.2) is 48.2 Å². The molecule has 1 aliphatic rings. The molecule has 1 fully saturated rings. The van der Waals surface area contributed by atoms with E-state index in [1.807, 2.05) is 0 Å². The zero-order valence-electron chi connectivity index (χ0n) is 9.82. The van der Waals surface area contributed by atoms with Crippen LogP contribution in [0.5, 0.6) is 0 Å². The average Bonchev–Trinajstić information content (AvgIpc) is 2.29. The van der Waals surface area contributed by atoms with Gasteiger partial charge in [-0.1, -0.05) is 12.5 Å². The van der Waals surface area contributed by atoms with E-state index in [1.54, 1.807) is 6.08 Å². The summed E-state index contributed by atoms with van der Waals surface area (Å²) in [4.78, 5) is 13.7. The van der Waals surface area contributed by atoms with Crippen molar-refractivity contribution in [3.8, 4) is 0 Å². The maximum absolute atomic E-state index is 11.6. The maximum atomic E-state index is 11.6. The summed E-state index contributed by atoms with van der Waals surface area (Å²) in [5.41, 5.74) is 0. The first-order chi connectivity index (χ1) is 7.77. The zero-order chi connectivity index (χ0) is 11.8. The van der Waals surface area contributed by atoms with E-state index in [0.29, 0.717) is 19.1 Å². The predicted molar refractivity (Wildman–Crippen MR) is 64.1 cm³/mol. The molecule has 1 heterocycles. The molecule has 0 spiro atoms. The highest BCUT2D eigenvalue weighted by Gasteiger charge is 2.23. The molecule has 0 aromatic carbocycles. The molecule has 4 heteroatoms. The van der Waals surface area contributed by atoms with Crippen LogP contribution in [0.25, 0.3) is 0 Å². The van der Waals surface area contributed by atoms with Gasteiger partial charge in [0.05, 0.1) is 6.54 Å². The van der Waals surface area contributed by atoms with Gasteiger partial charge in [-0.2, -0.15) is 0 Å². The first-order valence-electron chi connectivity index (χ1n) is 6.00. The molecule has 0 saturated carbocycles. The van der Waals surface area contributed by atoms with E-state index in [0.717, 1.165) is 25.8 Å². The quantitative estimate of drug-likeness (QED) is 0.649. The van der Waals surface area contributed by atoms with E-state index in [2.05, 4.69) is 16.8 Å². The first kappa shape index (κ1) is 13.2. The van der Waals surface area contributed by atoms with Crippen LogP contribution in [0.2, 0.25) is 0 Å². The van der Waals surface area contributed by atoms with Crippen LogP contribution < -0.4 is 5.32 Å².